The first-order valence-corrected chi connectivity index (χ1v) is 11.4. The molecule has 0 spiro atoms. The fraction of sp³-hybridized carbons (Fsp3) is 0.269. The molecular formula is C26H22N4O4. The third-order valence-corrected chi connectivity index (χ3v) is 7.52. The van der Waals surface area contributed by atoms with Crippen LogP contribution in [-0.4, -0.2) is 32.5 Å². The van der Waals surface area contributed by atoms with Gasteiger partial charge in [0.2, 0.25) is 0 Å². The number of imide groups is 1. The van der Waals surface area contributed by atoms with Gasteiger partial charge in [0.05, 0.1) is 23.0 Å². The Bertz CT molecular complexity index is 1390. The van der Waals surface area contributed by atoms with Crippen LogP contribution in [0.25, 0.3) is 10.9 Å². The lowest BCUT2D eigenvalue weighted by molar-refractivity contribution is -0.384. The third kappa shape index (κ3) is 2.95. The highest BCUT2D eigenvalue weighted by atomic mass is 16.6. The van der Waals surface area contributed by atoms with Crippen LogP contribution in [0, 0.1) is 40.7 Å². The van der Waals surface area contributed by atoms with Crippen molar-refractivity contribution in [3.05, 3.63) is 87.6 Å². The van der Waals surface area contributed by atoms with Crippen LogP contribution >= 0.6 is 0 Å². The van der Waals surface area contributed by atoms with E-state index in [1.807, 2.05) is 31.2 Å². The lowest BCUT2D eigenvalue weighted by atomic mass is 9.85. The maximum absolute atomic E-state index is 13.0. The van der Waals surface area contributed by atoms with Crippen LogP contribution in [0.15, 0.2) is 65.8 Å². The molecule has 0 unspecified atom stereocenters. The fourth-order valence-electron chi connectivity index (χ4n) is 5.85. The Kier molecular flexibility index (Phi) is 4.52. The minimum atomic E-state index is -0.411. The van der Waals surface area contributed by atoms with Crippen LogP contribution in [0.1, 0.15) is 23.2 Å². The van der Waals surface area contributed by atoms with Crippen LogP contribution < -0.4 is 0 Å². The van der Waals surface area contributed by atoms with Crippen LogP contribution in [0.4, 0.5) is 5.69 Å². The molecule has 2 amide bonds. The average molecular weight is 454 g/mol. The van der Waals surface area contributed by atoms with Crippen molar-refractivity contribution in [2.45, 2.75) is 19.9 Å². The maximum atomic E-state index is 13.0. The first kappa shape index (κ1) is 20.5. The second-order valence-corrected chi connectivity index (χ2v) is 9.26. The Hall–Kier alpha value is -4.07. The zero-order chi connectivity index (χ0) is 23.6. The van der Waals surface area contributed by atoms with E-state index >= 15 is 0 Å². The first-order chi connectivity index (χ1) is 16.4. The first-order valence-electron chi connectivity index (χ1n) is 11.4. The van der Waals surface area contributed by atoms with Crippen molar-refractivity contribution >= 4 is 34.6 Å². The highest BCUT2D eigenvalue weighted by Gasteiger charge is 2.59. The molecule has 8 heteroatoms. The van der Waals surface area contributed by atoms with Crippen molar-refractivity contribution < 1.29 is 14.5 Å². The van der Waals surface area contributed by atoms with E-state index in [1.54, 1.807) is 18.3 Å². The number of non-ortho nitro benzene ring substituents is 1. The second-order valence-electron chi connectivity index (χ2n) is 9.26. The van der Waals surface area contributed by atoms with Crippen LogP contribution in [-0.2, 0) is 16.1 Å². The van der Waals surface area contributed by atoms with E-state index in [1.165, 1.54) is 12.1 Å². The molecule has 0 N–H and O–H groups in total. The van der Waals surface area contributed by atoms with Gasteiger partial charge in [-0.15, -0.1) is 0 Å². The molecule has 0 radical (unpaired) electrons. The van der Waals surface area contributed by atoms with Crippen molar-refractivity contribution in [3.8, 4) is 0 Å². The molecule has 8 nitrogen and oxygen atoms in total. The summed E-state index contributed by atoms with van der Waals surface area (Å²) in [7, 11) is 0. The molecule has 3 aliphatic rings. The Morgan fingerprint density at radius 1 is 1.03 bits per heavy atom. The van der Waals surface area contributed by atoms with Crippen molar-refractivity contribution in [2.24, 2.45) is 28.8 Å². The summed E-state index contributed by atoms with van der Waals surface area (Å²) in [5.41, 5.74) is 3.75. The number of nitrogens with zero attached hydrogens (tertiary/aromatic N) is 4. The number of hydrogen-bond acceptors (Lipinski definition) is 5. The Labute approximate surface area is 195 Å². The minimum absolute atomic E-state index is 0.0546. The van der Waals surface area contributed by atoms with E-state index in [0.717, 1.165) is 39.2 Å². The summed E-state index contributed by atoms with van der Waals surface area (Å²) in [6, 6.07) is 14.4. The fourth-order valence-corrected chi connectivity index (χ4v) is 5.85. The predicted octanol–water partition coefficient (Wildman–Crippen LogP) is 4.05. The number of rotatable bonds is 5. The predicted molar refractivity (Wildman–Crippen MR) is 126 cm³/mol. The van der Waals surface area contributed by atoms with Crippen molar-refractivity contribution in [3.63, 3.8) is 0 Å². The molecule has 34 heavy (non-hydrogen) atoms. The van der Waals surface area contributed by atoms with Gasteiger partial charge in [0.1, 0.15) is 0 Å². The smallest absolute Gasteiger partial charge is 0.269 e. The van der Waals surface area contributed by atoms with E-state index in [0.29, 0.717) is 6.54 Å². The topological polar surface area (TPSA) is 97.8 Å². The number of hydrazone groups is 1. The SMILES string of the molecule is Cc1c(C=NN2C(=O)[C@@H]3[C@H](C2=O)[C@H]2C=C[C@H]3C2)c2ccccc2n1Cc1ccc([N+](=O)[O-])cc1. The molecule has 1 aliphatic heterocycles. The number of para-hydroxylation sites is 1. The quantitative estimate of drug-likeness (QED) is 0.191. The van der Waals surface area contributed by atoms with Crippen LogP contribution in [0.2, 0.25) is 0 Å². The number of aromatic nitrogens is 1. The molecule has 3 aromatic rings. The number of nitro groups is 1. The Balaban J connectivity index is 1.33. The minimum Gasteiger partial charge on any atom is -0.340 e. The van der Waals surface area contributed by atoms with E-state index < -0.39 is 4.92 Å². The normalized spacial score (nSPS) is 25.3. The summed E-state index contributed by atoms with van der Waals surface area (Å²) in [4.78, 5) is 36.5. The standard InChI is InChI=1S/C26H22N4O4/c1-15-21(13-27-29-25(31)23-17-8-9-18(12-17)24(23)26(29)32)20-4-2-3-5-22(20)28(15)14-16-6-10-19(11-7-16)30(33)34/h2-11,13,17-18,23-24H,12,14H2,1H3/t17-,18-,23-,24+/m0/s1. The highest BCUT2D eigenvalue weighted by Crippen LogP contribution is 2.52. The number of benzene rings is 2. The van der Waals surface area contributed by atoms with Gasteiger partial charge >= 0.3 is 0 Å². The average Bonchev–Trinajstić information content (AvgIpc) is 3.57. The molecule has 2 aromatic carbocycles. The molecule has 6 rings (SSSR count). The zero-order valence-electron chi connectivity index (χ0n) is 18.5. The summed E-state index contributed by atoms with van der Waals surface area (Å²) in [5.74, 6) is -0.645. The lowest BCUT2D eigenvalue weighted by Crippen LogP contribution is -2.28. The third-order valence-electron chi connectivity index (χ3n) is 7.52. The number of carbonyl (C=O) groups is 2. The molecule has 2 aliphatic carbocycles. The number of hydrogen-bond donors (Lipinski definition) is 0. The molecule has 2 bridgehead atoms. The van der Waals surface area contributed by atoms with Gasteiger partial charge in [0, 0.05) is 40.8 Å². The van der Waals surface area contributed by atoms with Crippen molar-refractivity contribution in [1.29, 1.82) is 0 Å². The molecule has 2 fully saturated rings. The summed E-state index contributed by atoms with van der Waals surface area (Å²) < 4.78 is 2.12. The van der Waals surface area contributed by atoms with Crippen molar-refractivity contribution in [1.82, 2.24) is 9.58 Å². The number of fused-ring (bicyclic) bond motifs is 6. The van der Waals surface area contributed by atoms with E-state index in [-0.39, 0.29) is 41.2 Å². The van der Waals surface area contributed by atoms with Gasteiger partial charge in [0.15, 0.2) is 0 Å². The Morgan fingerprint density at radius 3 is 2.32 bits per heavy atom. The molecule has 170 valence electrons. The number of carbonyl (C=O) groups excluding carboxylic acids is 2. The van der Waals surface area contributed by atoms with Gasteiger partial charge in [-0.25, -0.2) is 0 Å². The number of allylic oxidation sites excluding steroid dienone is 2. The van der Waals surface area contributed by atoms with E-state index in [4.69, 9.17) is 0 Å². The summed E-state index contributed by atoms with van der Waals surface area (Å²) in [5, 5.41) is 17.4. The maximum Gasteiger partial charge on any atom is 0.269 e. The van der Waals surface area contributed by atoms with Gasteiger partial charge in [-0.3, -0.25) is 19.7 Å². The van der Waals surface area contributed by atoms with E-state index in [9.17, 15) is 19.7 Å². The van der Waals surface area contributed by atoms with Crippen LogP contribution in [0.5, 0.6) is 0 Å². The number of nitro benzene ring substituents is 1. The molecule has 1 aromatic heterocycles. The summed E-state index contributed by atoms with van der Waals surface area (Å²) in [6.45, 7) is 2.50. The largest absolute Gasteiger partial charge is 0.340 e. The van der Waals surface area contributed by atoms with Gasteiger partial charge in [-0.05, 0) is 36.8 Å². The molecule has 1 saturated carbocycles. The zero-order valence-corrected chi connectivity index (χ0v) is 18.5. The number of amides is 2. The van der Waals surface area contributed by atoms with Gasteiger partial charge < -0.3 is 4.57 Å². The lowest BCUT2D eigenvalue weighted by Gasteiger charge is -2.13. The van der Waals surface area contributed by atoms with Gasteiger partial charge in [-0.1, -0.05) is 42.5 Å². The monoisotopic (exact) mass is 454 g/mol. The van der Waals surface area contributed by atoms with Crippen molar-refractivity contribution in [2.75, 3.05) is 0 Å². The van der Waals surface area contributed by atoms with E-state index in [2.05, 4.69) is 21.8 Å². The van der Waals surface area contributed by atoms with Crippen LogP contribution in [0.3, 0.4) is 0 Å². The van der Waals surface area contributed by atoms with Gasteiger partial charge in [0.25, 0.3) is 17.5 Å². The molecule has 4 atom stereocenters. The molecular weight excluding hydrogens is 432 g/mol. The second kappa shape index (κ2) is 7.48. The highest BCUT2D eigenvalue weighted by molar-refractivity contribution is 6.08. The molecule has 2 heterocycles. The summed E-state index contributed by atoms with van der Waals surface area (Å²) >= 11 is 0. The van der Waals surface area contributed by atoms with Gasteiger partial charge in [-0.2, -0.15) is 10.1 Å². The molecule has 1 saturated heterocycles. The Morgan fingerprint density at radius 2 is 1.68 bits per heavy atom. The summed E-state index contributed by atoms with van der Waals surface area (Å²) in [6.07, 6.45) is 6.65.